The summed E-state index contributed by atoms with van der Waals surface area (Å²) in [5, 5.41) is 0. The molecule has 1 saturated heterocycles. The Morgan fingerprint density at radius 2 is 2.04 bits per heavy atom. The van der Waals surface area contributed by atoms with Crippen LogP contribution < -0.4 is 4.74 Å². The molecule has 1 spiro atoms. The number of nitrogens with zero attached hydrogens (tertiary/aromatic N) is 3. The first-order valence-electron chi connectivity index (χ1n) is 8.63. The van der Waals surface area contributed by atoms with E-state index in [1.54, 1.807) is 12.4 Å². The van der Waals surface area contributed by atoms with E-state index < -0.39 is 0 Å². The summed E-state index contributed by atoms with van der Waals surface area (Å²) in [4.78, 5) is 18.7. The van der Waals surface area contributed by atoms with Crippen LogP contribution in [0.2, 0.25) is 0 Å². The molecule has 0 aromatic carbocycles. The van der Waals surface area contributed by atoms with Gasteiger partial charge in [0.1, 0.15) is 11.4 Å². The molecule has 0 N–H and O–H groups in total. The van der Waals surface area contributed by atoms with Gasteiger partial charge < -0.3 is 14.2 Å². The van der Waals surface area contributed by atoms with Gasteiger partial charge >= 0.3 is 0 Å². The third-order valence-electron chi connectivity index (χ3n) is 5.53. The van der Waals surface area contributed by atoms with Gasteiger partial charge in [-0.3, -0.25) is 9.78 Å². The van der Waals surface area contributed by atoms with E-state index in [4.69, 9.17) is 4.74 Å². The molecular weight excluding hydrogens is 302 g/mol. The molecule has 24 heavy (non-hydrogen) atoms. The molecule has 0 radical (unpaired) electrons. The zero-order valence-electron chi connectivity index (χ0n) is 14.0. The maximum atomic E-state index is 12.6. The Labute approximate surface area is 142 Å². The van der Waals surface area contributed by atoms with Crippen LogP contribution in [-0.2, 0) is 7.05 Å². The predicted molar refractivity (Wildman–Crippen MR) is 90.9 cm³/mol. The number of carbonyl (C=O) groups excluding carboxylic acids is 1. The average molecular weight is 325 g/mol. The first-order chi connectivity index (χ1) is 11.7. The number of pyridine rings is 1. The van der Waals surface area contributed by atoms with E-state index in [9.17, 15) is 4.79 Å². The van der Waals surface area contributed by atoms with E-state index in [2.05, 4.69) is 4.98 Å². The van der Waals surface area contributed by atoms with Crippen LogP contribution in [0.4, 0.5) is 0 Å². The van der Waals surface area contributed by atoms with Gasteiger partial charge in [0.05, 0.1) is 12.3 Å². The van der Waals surface area contributed by atoms with Crippen molar-refractivity contribution >= 4 is 5.91 Å². The highest BCUT2D eigenvalue weighted by Gasteiger charge is 2.47. The van der Waals surface area contributed by atoms with Crippen LogP contribution in [0.3, 0.4) is 0 Å². The molecule has 1 saturated carbocycles. The van der Waals surface area contributed by atoms with Crippen molar-refractivity contribution in [3.05, 3.63) is 48.5 Å². The first-order valence-corrected chi connectivity index (χ1v) is 8.63. The third-order valence-corrected chi connectivity index (χ3v) is 5.53. The Morgan fingerprint density at radius 1 is 1.25 bits per heavy atom. The summed E-state index contributed by atoms with van der Waals surface area (Å²) in [6.45, 7) is 1.70. The monoisotopic (exact) mass is 325 g/mol. The maximum Gasteiger partial charge on any atom is 0.270 e. The second-order valence-corrected chi connectivity index (χ2v) is 7.13. The molecule has 2 aromatic heterocycles. The largest absolute Gasteiger partial charge is 0.489 e. The Morgan fingerprint density at radius 3 is 2.67 bits per heavy atom. The number of ether oxygens (including phenoxy) is 1. The molecule has 2 aromatic rings. The Hall–Kier alpha value is -2.30. The smallest absolute Gasteiger partial charge is 0.270 e. The van der Waals surface area contributed by atoms with Crippen molar-refractivity contribution in [2.24, 2.45) is 12.5 Å². The van der Waals surface area contributed by atoms with Gasteiger partial charge in [0.15, 0.2) is 0 Å². The first kappa shape index (κ1) is 15.2. The van der Waals surface area contributed by atoms with Gasteiger partial charge in [-0.2, -0.15) is 0 Å². The van der Waals surface area contributed by atoms with Crippen molar-refractivity contribution < 1.29 is 9.53 Å². The maximum absolute atomic E-state index is 12.6. The second-order valence-electron chi connectivity index (χ2n) is 7.13. The lowest BCUT2D eigenvalue weighted by Gasteiger charge is -2.51. The molecule has 0 unspecified atom stereocenters. The lowest BCUT2D eigenvalue weighted by Crippen LogP contribution is -2.52. The molecule has 2 aliphatic rings. The molecule has 1 amide bonds. The number of aryl methyl sites for hydroxylation is 1. The van der Waals surface area contributed by atoms with E-state index >= 15 is 0 Å². The number of hydrogen-bond donors (Lipinski definition) is 0. The molecule has 1 aliphatic carbocycles. The summed E-state index contributed by atoms with van der Waals surface area (Å²) in [5.41, 5.74) is 1.15. The molecule has 2 fully saturated rings. The number of rotatable bonds is 3. The minimum Gasteiger partial charge on any atom is -0.489 e. The third kappa shape index (κ3) is 2.79. The minimum atomic E-state index is 0.153. The summed E-state index contributed by atoms with van der Waals surface area (Å²) < 4.78 is 7.88. The fourth-order valence-electron chi connectivity index (χ4n) is 4.04. The lowest BCUT2D eigenvalue weighted by molar-refractivity contribution is -0.0510. The molecule has 3 heterocycles. The van der Waals surface area contributed by atoms with E-state index in [0.717, 1.165) is 50.2 Å². The molecule has 5 heteroatoms. The molecule has 5 nitrogen and oxygen atoms in total. The number of likely N-dealkylation sites (tertiary alicyclic amines) is 1. The minimum absolute atomic E-state index is 0.153. The molecule has 4 rings (SSSR count). The SMILES string of the molecule is Cn1cccc1C(=O)N1CCC2(CC1)CC(Oc1cccnc1)C2. The van der Waals surface area contributed by atoms with Crippen molar-refractivity contribution in [3.8, 4) is 5.75 Å². The van der Waals surface area contributed by atoms with Crippen LogP contribution in [0.15, 0.2) is 42.9 Å². The lowest BCUT2D eigenvalue weighted by atomic mass is 9.61. The van der Waals surface area contributed by atoms with Crippen LogP contribution >= 0.6 is 0 Å². The number of amides is 1. The van der Waals surface area contributed by atoms with Gasteiger partial charge in [-0.15, -0.1) is 0 Å². The van der Waals surface area contributed by atoms with Crippen molar-refractivity contribution in [3.63, 3.8) is 0 Å². The van der Waals surface area contributed by atoms with Gasteiger partial charge in [0.25, 0.3) is 5.91 Å². The van der Waals surface area contributed by atoms with E-state index in [-0.39, 0.29) is 5.91 Å². The predicted octanol–water partition coefficient (Wildman–Crippen LogP) is 2.88. The van der Waals surface area contributed by atoms with Crippen LogP contribution in [0.25, 0.3) is 0 Å². The van der Waals surface area contributed by atoms with Crippen LogP contribution in [0, 0.1) is 5.41 Å². The van der Waals surface area contributed by atoms with Gasteiger partial charge in [-0.1, -0.05) is 0 Å². The average Bonchev–Trinajstić information content (AvgIpc) is 3.00. The van der Waals surface area contributed by atoms with Crippen LogP contribution in [-0.4, -0.2) is 39.6 Å². The van der Waals surface area contributed by atoms with Gasteiger partial charge in [-0.05, 0) is 55.4 Å². The molecule has 1 aliphatic heterocycles. The van der Waals surface area contributed by atoms with E-state index in [1.165, 1.54) is 0 Å². The summed E-state index contributed by atoms with van der Waals surface area (Å²) in [5.74, 6) is 1.01. The van der Waals surface area contributed by atoms with Crippen molar-refractivity contribution in [1.82, 2.24) is 14.5 Å². The summed E-state index contributed by atoms with van der Waals surface area (Å²) in [6.07, 6.45) is 10.1. The topological polar surface area (TPSA) is 47.4 Å². The Balaban J connectivity index is 1.30. The standard InChI is InChI=1S/C19H23N3O2/c1-21-9-3-5-17(21)18(23)22-10-6-19(7-11-22)12-16(13-19)24-15-4-2-8-20-14-15/h2-5,8-9,14,16H,6-7,10-13H2,1H3. The van der Waals surface area contributed by atoms with Crippen LogP contribution in [0.5, 0.6) is 5.75 Å². The Kier molecular flexibility index (Phi) is 3.79. The van der Waals surface area contributed by atoms with Gasteiger partial charge in [-0.25, -0.2) is 0 Å². The van der Waals surface area contributed by atoms with Crippen molar-refractivity contribution in [2.45, 2.75) is 31.8 Å². The Bertz CT molecular complexity index is 709. The highest BCUT2D eigenvalue weighted by Crippen LogP contribution is 2.50. The number of piperidine rings is 1. The van der Waals surface area contributed by atoms with Gasteiger partial charge in [0, 0.05) is 32.5 Å². The highest BCUT2D eigenvalue weighted by atomic mass is 16.5. The number of carbonyl (C=O) groups is 1. The molecule has 0 bridgehead atoms. The van der Waals surface area contributed by atoms with Crippen molar-refractivity contribution in [1.29, 1.82) is 0 Å². The highest BCUT2D eigenvalue weighted by molar-refractivity contribution is 5.92. The van der Waals surface area contributed by atoms with E-state index in [1.807, 2.05) is 47.0 Å². The van der Waals surface area contributed by atoms with Crippen molar-refractivity contribution in [2.75, 3.05) is 13.1 Å². The summed E-state index contributed by atoms with van der Waals surface area (Å²) in [7, 11) is 1.92. The summed E-state index contributed by atoms with van der Waals surface area (Å²) in [6, 6.07) is 7.68. The zero-order chi connectivity index (χ0) is 16.6. The molecular formula is C19H23N3O2. The molecule has 126 valence electrons. The second kappa shape index (κ2) is 5.96. The summed E-state index contributed by atoms with van der Waals surface area (Å²) >= 11 is 0. The fraction of sp³-hybridized carbons (Fsp3) is 0.474. The number of hydrogen-bond acceptors (Lipinski definition) is 3. The quantitative estimate of drug-likeness (QED) is 0.872. The zero-order valence-corrected chi connectivity index (χ0v) is 14.0. The fourth-order valence-corrected chi connectivity index (χ4v) is 4.04. The van der Waals surface area contributed by atoms with Gasteiger partial charge in [0.2, 0.25) is 0 Å². The van der Waals surface area contributed by atoms with Crippen LogP contribution in [0.1, 0.15) is 36.2 Å². The number of aromatic nitrogens is 2. The van der Waals surface area contributed by atoms with E-state index in [0.29, 0.717) is 11.5 Å². The molecule has 0 atom stereocenters. The normalized spacial score (nSPS) is 20.0.